The van der Waals surface area contributed by atoms with Crippen LogP contribution in [0.4, 0.5) is 11.4 Å². The molecule has 1 fully saturated rings. The first-order chi connectivity index (χ1) is 15.7. The SMILES string of the molecule is Cc1ccc(NS(=O)(=O)c2cc3c(cc2C)N(Cc2noc(C4CC4)n2)C(=O)CO3)cc1C. The minimum absolute atomic E-state index is 0.0874. The highest BCUT2D eigenvalue weighted by atomic mass is 32.2. The maximum absolute atomic E-state index is 13.1. The molecule has 1 aromatic heterocycles. The summed E-state index contributed by atoms with van der Waals surface area (Å²) in [5.41, 5.74) is 3.51. The van der Waals surface area contributed by atoms with E-state index in [1.165, 1.54) is 11.0 Å². The Hall–Kier alpha value is -3.40. The van der Waals surface area contributed by atoms with Gasteiger partial charge in [-0.25, -0.2) is 8.42 Å². The molecular formula is C23H24N4O5S. The maximum Gasteiger partial charge on any atom is 0.265 e. The number of nitrogens with zero attached hydrogens (tertiary/aromatic N) is 3. The monoisotopic (exact) mass is 468 g/mol. The minimum Gasteiger partial charge on any atom is -0.482 e. The summed E-state index contributed by atoms with van der Waals surface area (Å²) in [6, 6.07) is 8.48. The van der Waals surface area contributed by atoms with Crippen LogP contribution in [0.2, 0.25) is 0 Å². The van der Waals surface area contributed by atoms with Gasteiger partial charge in [-0.15, -0.1) is 0 Å². The molecule has 2 aliphatic rings. The summed E-state index contributed by atoms with van der Waals surface area (Å²) in [7, 11) is -3.87. The number of ether oxygens (including phenoxy) is 1. The van der Waals surface area contributed by atoms with E-state index in [2.05, 4.69) is 14.9 Å². The zero-order chi connectivity index (χ0) is 23.3. The Morgan fingerprint density at radius 3 is 2.61 bits per heavy atom. The molecule has 1 N–H and O–H groups in total. The summed E-state index contributed by atoms with van der Waals surface area (Å²) >= 11 is 0. The lowest BCUT2D eigenvalue weighted by molar-refractivity contribution is -0.121. The third kappa shape index (κ3) is 4.18. The van der Waals surface area contributed by atoms with Crippen LogP contribution < -0.4 is 14.4 Å². The average Bonchev–Trinajstić information content (AvgIpc) is 3.51. The number of aryl methyl sites for hydroxylation is 3. The predicted molar refractivity (Wildman–Crippen MR) is 121 cm³/mol. The Bertz CT molecular complexity index is 1360. The molecule has 0 atom stereocenters. The number of nitrogens with one attached hydrogen (secondary N) is 1. The largest absolute Gasteiger partial charge is 0.482 e. The van der Waals surface area contributed by atoms with Crippen LogP contribution in [-0.4, -0.2) is 31.1 Å². The zero-order valence-corrected chi connectivity index (χ0v) is 19.4. The number of hydrogen-bond donors (Lipinski definition) is 1. The van der Waals surface area contributed by atoms with Gasteiger partial charge in [0.2, 0.25) is 5.89 Å². The standard InChI is InChI=1S/C23H24N4O5S/c1-13-4-7-17(8-14(13)2)26-33(29,30)20-10-19-18(9-15(20)3)27(22(28)12-31-19)11-21-24-23(32-25-21)16-5-6-16/h4,7-10,16,26H,5-6,11-12H2,1-3H3. The van der Waals surface area contributed by atoms with Crippen LogP contribution >= 0.6 is 0 Å². The van der Waals surface area contributed by atoms with Gasteiger partial charge in [-0.3, -0.25) is 14.4 Å². The Balaban J connectivity index is 1.44. The molecule has 9 nitrogen and oxygen atoms in total. The van der Waals surface area contributed by atoms with Gasteiger partial charge in [0.15, 0.2) is 12.4 Å². The van der Waals surface area contributed by atoms with Crippen LogP contribution in [0.25, 0.3) is 0 Å². The molecule has 1 saturated carbocycles. The van der Waals surface area contributed by atoms with E-state index in [9.17, 15) is 13.2 Å². The quantitative estimate of drug-likeness (QED) is 0.588. The van der Waals surface area contributed by atoms with Crippen LogP contribution in [0.1, 0.15) is 47.2 Å². The summed E-state index contributed by atoms with van der Waals surface area (Å²) in [5, 5.41) is 3.99. The van der Waals surface area contributed by atoms with Crippen molar-refractivity contribution >= 4 is 27.3 Å². The summed E-state index contributed by atoms with van der Waals surface area (Å²) in [5.74, 6) is 1.37. The molecule has 10 heteroatoms. The van der Waals surface area contributed by atoms with Crippen LogP contribution in [0, 0.1) is 20.8 Å². The number of anilines is 2. The second kappa shape index (κ2) is 7.87. The summed E-state index contributed by atoms with van der Waals surface area (Å²) < 4.78 is 39.8. The van der Waals surface area contributed by atoms with Crippen molar-refractivity contribution in [3.63, 3.8) is 0 Å². The second-order valence-corrected chi connectivity index (χ2v) is 10.2. The van der Waals surface area contributed by atoms with Gasteiger partial charge in [0, 0.05) is 17.7 Å². The molecule has 0 unspecified atom stereocenters. The van der Waals surface area contributed by atoms with Crippen molar-refractivity contribution in [2.24, 2.45) is 0 Å². The Morgan fingerprint density at radius 1 is 1.09 bits per heavy atom. The molecule has 2 aromatic carbocycles. The van der Waals surface area contributed by atoms with Crippen LogP contribution in [-0.2, 0) is 21.4 Å². The fourth-order valence-corrected chi connectivity index (χ4v) is 5.07. The van der Waals surface area contributed by atoms with E-state index in [1.807, 2.05) is 19.9 Å². The van der Waals surface area contributed by atoms with Crippen molar-refractivity contribution in [2.45, 2.75) is 51.0 Å². The number of aromatic nitrogens is 2. The van der Waals surface area contributed by atoms with E-state index in [-0.39, 0.29) is 24.0 Å². The van der Waals surface area contributed by atoms with E-state index in [0.29, 0.717) is 40.3 Å². The second-order valence-electron chi connectivity index (χ2n) is 8.58. The van der Waals surface area contributed by atoms with Gasteiger partial charge in [-0.05, 0) is 68.5 Å². The van der Waals surface area contributed by atoms with Crippen LogP contribution in [0.5, 0.6) is 5.75 Å². The summed E-state index contributed by atoms with van der Waals surface area (Å²) in [4.78, 5) is 18.6. The summed E-state index contributed by atoms with van der Waals surface area (Å²) in [6.07, 6.45) is 2.07. The smallest absolute Gasteiger partial charge is 0.265 e. The summed E-state index contributed by atoms with van der Waals surface area (Å²) in [6.45, 7) is 5.50. The third-order valence-electron chi connectivity index (χ3n) is 5.96. The van der Waals surface area contributed by atoms with Crippen LogP contribution in [0.15, 0.2) is 39.8 Å². The first-order valence-corrected chi connectivity index (χ1v) is 12.2. The van der Waals surface area contributed by atoms with Gasteiger partial charge in [0.05, 0.1) is 17.1 Å². The zero-order valence-electron chi connectivity index (χ0n) is 18.6. The number of amides is 1. The number of hydrogen-bond acceptors (Lipinski definition) is 7. The molecule has 0 spiro atoms. The van der Waals surface area contributed by atoms with Crippen LogP contribution in [0.3, 0.4) is 0 Å². The molecule has 0 saturated heterocycles. The lowest BCUT2D eigenvalue weighted by Crippen LogP contribution is -2.38. The Labute approximate surface area is 191 Å². The fraction of sp³-hybridized carbons (Fsp3) is 0.348. The van der Waals surface area contributed by atoms with E-state index >= 15 is 0 Å². The lowest BCUT2D eigenvalue weighted by Gasteiger charge is -2.29. The van der Waals surface area contributed by atoms with E-state index in [0.717, 1.165) is 24.0 Å². The first-order valence-electron chi connectivity index (χ1n) is 10.7. The number of fused-ring (bicyclic) bond motifs is 1. The van der Waals surface area contributed by atoms with Crippen molar-refractivity contribution in [3.05, 3.63) is 58.7 Å². The molecule has 3 aromatic rings. The molecule has 0 radical (unpaired) electrons. The first kappa shape index (κ1) is 21.4. The van der Waals surface area contributed by atoms with Crippen molar-refractivity contribution in [3.8, 4) is 5.75 Å². The average molecular weight is 469 g/mol. The molecule has 1 amide bonds. The molecule has 1 aliphatic carbocycles. The third-order valence-corrected chi connectivity index (χ3v) is 7.48. The van der Waals surface area contributed by atoms with Gasteiger partial charge < -0.3 is 9.26 Å². The van der Waals surface area contributed by atoms with E-state index in [4.69, 9.17) is 9.26 Å². The number of rotatable bonds is 6. The van der Waals surface area contributed by atoms with Crippen molar-refractivity contribution in [1.29, 1.82) is 0 Å². The topological polar surface area (TPSA) is 115 Å². The van der Waals surface area contributed by atoms with Gasteiger partial charge in [0.1, 0.15) is 5.75 Å². The molecule has 172 valence electrons. The molecule has 1 aliphatic heterocycles. The van der Waals surface area contributed by atoms with E-state index in [1.54, 1.807) is 25.1 Å². The van der Waals surface area contributed by atoms with E-state index < -0.39 is 10.0 Å². The maximum atomic E-state index is 13.1. The lowest BCUT2D eigenvalue weighted by atomic mass is 10.1. The highest BCUT2D eigenvalue weighted by Crippen LogP contribution is 2.40. The normalized spacial score (nSPS) is 15.8. The van der Waals surface area contributed by atoms with Crippen molar-refractivity contribution < 1.29 is 22.5 Å². The van der Waals surface area contributed by atoms with Crippen molar-refractivity contribution in [2.75, 3.05) is 16.2 Å². The molecule has 33 heavy (non-hydrogen) atoms. The fourth-order valence-electron chi connectivity index (χ4n) is 3.78. The number of benzene rings is 2. The van der Waals surface area contributed by atoms with Crippen molar-refractivity contribution in [1.82, 2.24) is 10.1 Å². The molecule has 2 heterocycles. The van der Waals surface area contributed by atoms with Gasteiger partial charge >= 0.3 is 0 Å². The molecular weight excluding hydrogens is 444 g/mol. The minimum atomic E-state index is -3.87. The number of sulfonamides is 1. The highest BCUT2D eigenvalue weighted by molar-refractivity contribution is 7.92. The number of carbonyl (C=O) groups excluding carboxylic acids is 1. The van der Waals surface area contributed by atoms with Gasteiger partial charge in [-0.1, -0.05) is 11.2 Å². The number of carbonyl (C=O) groups is 1. The van der Waals surface area contributed by atoms with Gasteiger partial charge in [0.25, 0.3) is 15.9 Å². The molecule has 0 bridgehead atoms. The molecule has 5 rings (SSSR count). The Kier molecular flexibility index (Phi) is 5.12. The van der Waals surface area contributed by atoms with Gasteiger partial charge in [-0.2, -0.15) is 4.98 Å². The predicted octanol–water partition coefficient (Wildman–Crippen LogP) is 3.60. The highest BCUT2D eigenvalue weighted by Gasteiger charge is 2.32. The Morgan fingerprint density at radius 2 is 1.88 bits per heavy atom.